The molecule has 0 spiro atoms. The minimum absolute atomic E-state index is 0.169. The van der Waals surface area contributed by atoms with E-state index in [0.717, 1.165) is 0 Å². The summed E-state index contributed by atoms with van der Waals surface area (Å²) in [5.41, 5.74) is 0. The maximum Gasteiger partial charge on any atom is 0.423 e. The van der Waals surface area contributed by atoms with Gasteiger partial charge in [0, 0.05) is 13.1 Å². The summed E-state index contributed by atoms with van der Waals surface area (Å²) < 4.78 is 81.2. The zero-order valence-electron chi connectivity index (χ0n) is 8.57. The van der Waals surface area contributed by atoms with Crippen molar-refractivity contribution >= 4 is 0 Å². The van der Waals surface area contributed by atoms with Crippen molar-refractivity contribution < 1.29 is 35.8 Å². The summed E-state index contributed by atoms with van der Waals surface area (Å²) >= 11 is 0. The molecule has 1 atom stereocenters. The number of hydrogen-bond donors (Lipinski definition) is 1. The van der Waals surface area contributed by atoms with Crippen molar-refractivity contribution in [1.29, 1.82) is 0 Å². The van der Waals surface area contributed by atoms with Crippen LogP contribution in [0.3, 0.4) is 0 Å². The van der Waals surface area contributed by atoms with Gasteiger partial charge in [-0.05, 0) is 0 Å². The van der Waals surface area contributed by atoms with Crippen molar-refractivity contribution in [3.05, 3.63) is 0 Å². The van der Waals surface area contributed by atoms with E-state index >= 15 is 0 Å². The zero-order valence-corrected chi connectivity index (χ0v) is 8.57. The number of morpholine rings is 1. The quantitative estimate of drug-likeness (QED) is 0.786. The molecule has 1 heterocycles. The second kappa shape index (κ2) is 5.40. The summed E-state index contributed by atoms with van der Waals surface area (Å²) in [5, 5.41) is 2.77. The van der Waals surface area contributed by atoms with Crippen LogP contribution in [0.25, 0.3) is 0 Å². The Balaban J connectivity index is 2.49. The topological polar surface area (TPSA) is 30.5 Å². The third kappa shape index (κ3) is 4.68. The van der Waals surface area contributed by atoms with Crippen LogP contribution in [0.5, 0.6) is 0 Å². The molecule has 1 aliphatic rings. The van der Waals surface area contributed by atoms with E-state index in [1.165, 1.54) is 0 Å². The van der Waals surface area contributed by atoms with Crippen molar-refractivity contribution in [2.45, 2.75) is 24.6 Å². The van der Waals surface area contributed by atoms with Gasteiger partial charge in [-0.25, -0.2) is 0 Å². The lowest BCUT2D eigenvalue weighted by atomic mass is 10.3. The van der Waals surface area contributed by atoms with Crippen molar-refractivity contribution in [2.24, 2.45) is 0 Å². The normalized spacial score (nSPS) is 23.1. The lowest BCUT2D eigenvalue weighted by Crippen LogP contribution is -2.48. The van der Waals surface area contributed by atoms with Crippen molar-refractivity contribution in [3.63, 3.8) is 0 Å². The Morgan fingerprint density at radius 1 is 1.18 bits per heavy atom. The van der Waals surface area contributed by atoms with Gasteiger partial charge in [-0.15, -0.1) is 0 Å². The van der Waals surface area contributed by atoms with E-state index in [1.54, 1.807) is 0 Å². The van der Waals surface area contributed by atoms with Gasteiger partial charge < -0.3 is 14.8 Å². The van der Waals surface area contributed by atoms with Gasteiger partial charge in [-0.3, -0.25) is 0 Å². The predicted molar refractivity (Wildman–Crippen MR) is 44.5 cm³/mol. The van der Waals surface area contributed by atoms with Crippen LogP contribution in [-0.2, 0) is 9.47 Å². The first-order valence-corrected chi connectivity index (χ1v) is 4.78. The standard InChI is InChI=1S/C8H11F6NO2/c9-7(10,11)6(8(12,13)14)17-4-5-3-15-1-2-16-5/h5-6,15H,1-4H2. The van der Waals surface area contributed by atoms with Crippen molar-refractivity contribution in [3.8, 4) is 0 Å². The highest BCUT2D eigenvalue weighted by atomic mass is 19.4. The van der Waals surface area contributed by atoms with Crippen LogP contribution in [-0.4, -0.2) is 50.9 Å². The van der Waals surface area contributed by atoms with Gasteiger partial charge in [0.15, 0.2) is 0 Å². The minimum atomic E-state index is -5.47. The van der Waals surface area contributed by atoms with Gasteiger partial charge in [0.1, 0.15) is 0 Å². The van der Waals surface area contributed by atoms with Crippen LogP contribution in [0, 0.1) is 0 Å². The second-order valence-electron chi connectivity index (χ2n) is 3.49. The van der Waals surface area contributed by atoms with Crippen LogP contribution < -0.4 is 5.32 Å². The van der Waals surface area contributed by atoms with E-state index < -0.39 is 31.2 Å². The fraction of sp³-hybridized carbons (Fsp3) is 1.00. The number of alkyl halides is 6. The minimum Gasteiger partial charge on any atom is -0.373 e. The zero-order chi connectivity index (χ0) is 13.1. The molecule has 0 radical (unpaired) electrons. The average Bonchev–Trinajstić information content (AvgIpc) is 2.15. The van der Waals surface area contributed by atoms with Crippen molar-refractivity contribution in [2.75, 3.05) is 26.3 Å². The highest BCUT2D eigenvalue weighted by Gasteiger charge is 2.58. The smallest absolute Gasteiger partial charge is 0.373 e. The molecule has 1 aliphatic heterocycles. The molecule has 1 rings (SSSR count). The Bertz CT molecular complexity index is 221. The lowest BCUT2D eigenvalue weighted by molar-refractivity contribution is -0.325. The molecule has 1 unspecified atom stereocenters. The van der Waals surface area contributed by atoms with Crippen LogP contribution in [0.2, 0.25) is 0 Å². The summed E-state index contributed by atoms with van der Waals surface area (Å²) in [6, 6.07) is 0. The van der Waals surface area contributed by atoms with E-state index in [4.69, 9.17) is 4.74 Å². The Hall–Kier alpha value is -0.540. The number of nitrogens with one attached hydrogen (secondary N) is 1. The molecule has 0 aromatic carbocycles. The third-order valence-electron chi connectivity index (χ3n) is 2.05. The number of ether oxygens (including phenoxy) is 2. The summed E-state index contributed by atoms with van der Waals surface area (Å²) in [4.78, 5) is 0. The Labute approximate surface area is 93.1 Å². The largest absolute Gasteiger partial charge is 0.423 e. The maximum atomic E-state index is 12.1. The first-order chi connectivity index (χ1) is 7.71. The molecule has 0 aromatic heterocycles. The summed E-state index contributed by atoms with van der Waals surface area (Å²) in [7, 11) is 0. The Kier molecular flexibility index (Phi) is 4.62. The highest BCUT2D eigenvalue weighted by Crippen LogP contribution is 2.35. The maximum absolute atomic E-state index is 12.1. The van der Waals surface area contributed by atoms with Crippen LogP contribution in [0.15, 0.2) is 0 Å². The Morgan fingerprint density at radius 2 is 1.76 bits per heavy atom. The van der Waals surface area contributed by atoms with Gasteiger partial charge in [-0.2, -0.15) is 26.3 Å². The van der Waals surface area contributed by atoms with E-state index in [2.05, 4.69) is 10.1 Å². The molecular weight excluding hydrogens is 256 g/mol. The second-order valence-corrected chi connectivity index (χ2v) is 3.49. The lowest BCUT2D eigenvalue weighted by Gasteiger charge is -2.27. The molecule has 1 fully saturated rings. The number of rotatable bonds is 3. The molecular formula is C8H11F6NO2. The summed E-state index contributed by atoms with van der Waals surface area (Å²) in [6.45, 7) is 0.161. The van der Waals surface area contributed by atoms with Gasteiger partial charge in [0.25, 0.3) is 0 Å². The molecule has 102 valence electrons. The fourth-order valence-electron chi connectivity index (χ4n) is 1.30. The Morgan fingerprint density at radius 3 is 2.18 bits per heavy atom. The van der Waals surface area contributed by atoms with Crippen molar-refractivity contribution in [1.82, 2.24) is 5.32 Å². The molecule has 0 aromatic rings. The predicted octanol–water partition coefficient (Wildman–Crippen LogP) is 1.48. The van der Waals surface area contributed by atoms with E-state index in [0.29, 0.717) is 6.54 Å². The highest BCUT2D eigenvalue weighted by molar-refractivity contribution is 4.77. The molecule has 0 amide bonds. The van der Waals surface area contributed by atoms with Crippen LogP contribution in [0.1, 0.15) is 0 Å². The molecule has 0 saturated carbocycles. The molecule has 17 heavy (non-hydrogen) atoms. The number of halogens is 6. The van der Waals surface area contributed by atoms with Crippen LogP contribution in [0.4, 0.5) is 26.3 Å². The van der Waals surface area contributed by atoms with E-state index in [9.17, 15) is 26.3 Å². The molecule has 3 nitrogen and oxygen atoms in total. The van der Waals surface area contributed by atoms with Gasteiger partial charge in [-0.1, -0.05) is 0 Å². The monoisotopic (exact) mass is 267 g/mol. The summed E-state index contributed by atoms with van der Waals surface area (Å²) in [6.07, 6.45) is -15.5. The van der Waals surface area contributed by atoms with Gasteiger partial charge in [0.2, 0.25) is 6.10 Å². The summed E-state index contributed by atoms with van der Waals surface area (Å²) in [5.74, 6) is 0. The molecule has 0 bridgehead atoms. The molecule has 1 N–H and O–H groups in total. The van der Waals surface area contributed by atoms with Gasteiger partial charge in [0.05, 0.1) is 19.3 Å². The van der Waals surface area contributed by atoms with E-state index in [-0.39, 0.29) is 13.2 Å². The average molecular weight is 267 g/mol. The van der Waals surface area contributed by atoms with Crippen LogP contribution >= 0.6 is 0 Å². The number of hydrogen-bond acceptors (Lipinski definition) is 3. The van der Waals surface area contributed by atoms with Gasteiger partial charge >= 0.3 is 12.4 Å². The molecule has 0 aliphatic carbocycles. The molecule has 9 heteroatoms. The third-order valence-corrected chi connectivity index (χ3v) is 2.05. The fourth-order valence-corrected chi connectivity index (χ4v) is 1.30. The SMILES string of the molecule is FC(F)(F)C(OCC1CNCCO1)C(F)(F)F. The van der Waals surface area contributed by atoms with E-state index in [1.807, 2.05) is 0 Å². The first-order valence-electron chi connectivity index (χ1n) is 4.78. The first kappa shape index (κ1) is 14.5. The molecule has 1 saturated heterocycles.